The number of rotatable bonds is 4. The van der Waals surface area contributed by atoms with Crippen LogP contribution in [0.4, 0.5) is 0 Å². The van der Waals surface area contributed by atoms with Crippen LogP contribution in [-0.2, 0) is 12.0 Å². The Balaban J connectivity index is 2.74. The van der Waals surface area contributed by atoms with Crippen molar-refractivity contribution in [2.24, 2.45) is 0 Å². The molecule has 104 valence electrons. The van der Waals surface area contributed by atoms with Crippen molar-refractivity contribution in [3.05, 3.63) is 29.8 Å². The van der Waals surface area contributed by atoms with Gasteiger partial charge in [-0.05, 0) is 30.9 Å². The van der Waals surface area contributed by atoms with Crippen LogP contribution in [0.15, 0.2) is 18.7 Å². The minimum atomic E-state index is -1.03. The lowest BCUT2D eigenvalue weighted by molar-refractivity contribution is 0.0692. The number of aliphatic hydroxyl groups is 1. The van der Waals surface area contributed by atoms with Crippen molar-refractivity contribution in [1.29, 1.82) is 0 Å². The second-order valence-corrected chi connectivity index (χ2v) is 4.65. The Morgan fingerprint density at radius 2 is 1.89 bits per heavy atom. The molecule has 0 amide bonds. The summed E-state index contributed by atoms with van der Waals surface area (Å²) in [4.78, 5) is 0. The van der Waals surface area contributed by atoms with E-state index >= 15 is 0 Å². The van der Waals surface area contributed by atoms with E-state index in [4.69, 9.17) is 14.2 Å². The minimum Gasteiger partial charge on any atom is -0.493 e. The van der Waals surface area contributed by atoms with Gasteiger partial charge in [0.1, 0.15) is 5.60 Å². The van der Waals surface area contributed by atoms with Gasteiger partial charge in [-0.2, -0.15) is 0 Å². The van der Waals surface area contributed by atoms with E-state index < -0.39 is 5.60 Å². The summed E-state index contributed by atoms with van der Waals surface area (Å²) in [6.07, 6.45) is 3.95. The summed E-state index contributed by atoms with van der Waals surface area (Å²) in [5.41, 5.74) is 0.734. The first-order valence-corrected chi connectivity index (χ1v) is 6.29. The highest BCUT2D eigenvalue weighted by Crippen LogP contribution is 2.48. The van der Waals surface area contributed by atoms with Crippen LogP contribution in [0.5, 0.6) is 17.2 Å². The molecule has 1 atom stereocenters. The molecule has 0 bridgehead atoms. The molecule has 1 N–H and O–H groups in total. The highest BCUT2D eigenvalue weighted by atomic mass is 16.5. The number of fused-ring (bicyclic) bond motifs is 1. The lowest BCUT2D eigenvalue weighted by Crippen LogP contribution is -2.28. The SMILES string of the molecule is C=CC1(O)CCCc2c1cc(OC)c(OC)c2OC. The number of ether oxygens (including phenoxy) is 3. The fourth-order valence-electron chi connectivity index (χ4n) is 2.73. The van der Waals surface area contributed by atoms with Crippen LogP contribution in [0, 0.1) is 0 Å². The smallest absolute Gasteiger partial charge is 0.203 e. The Bertz CT molecular complexity index is 495. The lowest BCUT2D eigenvalue weighted by atomic mass is 9.78. The van der Waals surface area contributed by atoms with E-state index in [1.807, 2.05) is 6.07 Å². The Kier molecular flexibility index (Phi) is 3.71. The monoisotopic (exact) mass is 264 g/mol. The van der Waals surface area contributed by atoms with Crippen LogP contribution >= 0.6 is 0 Å². The van der Waals surface area contributed by atoms with Crippen molar-refractivity contribution >= 4 is 0 Å². The molecule has 0 saturated carbocycles. The zero-order valence-electron chi connectivity index (χ0n) is 11.7. The highest BCUT2D eigenvalue weighted by molar-refractivity contribution is 5.61. The van der Waals surface area contributed by atoms with Crippen LogP contribution < -0.4 is 14.2 Å². The summed E-state index contributed by atoms with van der Waals surface area (Å²) in [6, 6.07) is 1.82. The number of hydrogen-bond donors (Lipinski definition) is 1. The maximum Gasteiger partial charge on any atom is 0.203 e. The van der Waals surface area contributed by atoms with Gasteiger partial charge in [0, 0.05) is 5.56 Å². The quantitative estimate of drug-likeness (QED) is 0.848. The first-order valence-electron chi connectivity index (χ1n) is 6.29. The van der Waals surface area contributed by atoms with Gasteiger partial charge in [-0.1, -0.05) is 12.7 Å². The molecule has 1 unspecified atom stereocenters. The Morgan fingerprint density at radius 3 is 2.42 bits per heavy atom. The molecule has 0 saturated heterocycles. The Morgan fingerprint density at radius 1 is 1.21 bits per heavy atom. The van der Waals surface area contributed by atoms with Crippen LogP contribution in [0.1, 0.15) is 24.0 Å². The molecule has 1 aliphatic rings. The van der Waals surface area contributed by atoms with Crippen LogP contribution in [0.25, 0.3) is 0 Å². The first-order chi connectivity index (χ1) is 9.11. The summed E-state index contributed by atoms with van der Waals surface area (Å²) < 4.78 is 16.2. The molecule has 2 rings (SSSR count). The molecule has 4 nitrogen and oxygen atoms in total. The van der Waals surface area contributed by atoms with Gasteiger partial charge in [0.2, 0.25) is 5.75 Å². The highest BCUT2D eigenvalue weighted by Gasteiger charge is 2.35. The Labute approximate surface area is 113 Å². The molecule has 1 aromatic rings. The van der Waals surface area contributed by atoms with Gasteiger partial charge in [-0.3, -0.25) is 0 Å². The summed E-state index contributed by atoms with van der Waals surface area (Å²) in [5, 5.41) is 10.7. The maximum absolute atomic E-state index is 10.7. The van der Waals surface area contributed by atoms with Crippen molar-refractivity contribution in [3.63, 3.8) is 0 Å². The molecule has 0 spiro atoms. The van der Waals surface area contributed by atoms with Gasteiger partial charge in [0.25, 0.3) is 0 Å². The molecule has 0 fully saturated rings. The van der Waals surface area contributed by atoms with Crippen LogP contribution in [0.3, 0.4) is 0 Å². The van der Waals surface area contributed by atoms with Gasteiger partial charge >= 0.3 is 0 Å². The molecule has 1 aliphatic carbocycles. The van der Waals surface area contributed by atoms with Gasteiger partial charge in [0.05, 0.1) is 21.3 Å². The van der Waals surface area contributed by atoms with Crippen LogP contribution in [-0.4, -0.2) is 26.4 Å². The van der Waals surface area contributed by atoms with Gasteiger partial charge in [-0.15, -0.1) is 0 Å². The second kappa shape index (κ2) is 5.13. The third kappa shape index (κ3) is 2.06. The summed E-state index contributed by atoms with van der Waals surface area (Å²) in [5.74, 6) is 1.76. The zero-order chi connectivity index (χ0) is 14.0. The normalized spacial score (nSPS) is 21.5. The molecule has 1 aromatic carbocycles. The van der Waals surface area contributed by atoms with E-state index in [1.165, 1.54) is 0 Å². The van der Waals surface area contributed by atoms with E-state index in [0.717, 1.165) is 24.0 Å². The summed E-state index contributed by atoms with van der Waals surface area (Å²) in [6.45, 7) is 3.75. The predicted molar refractivity (Wildman–Crippen MR) is 73.1 cm³/mol. The zero-order valence-corrected chi connectivity index (χ0v) is 11.7. The van der Waals surface area contributed by atoms with Crippen molar-refractivity contribution in [2.75, 3.05) is 21.3 Å². The Hall–Kier alpha value is -1.68. The number of hydrogen-bond acceptors (Lipinski definition) is 4. The summed E-state index contributed by atoms with van der Waals surface area (Å²) >= 11 is 0. The standard InChI is InChI=1S/C15H20O4/c1-5-15(16)8-6-7-10-11(15)9-12(17-2)14(19-4)13(10)18-3/h5,9,16H,1,6-8H2,2-4H3. The lowest BCUT2D eigenvalue weighted by Gasteiger charge is -2.33. The molecule has 19 heavy (non-hydrogen) atoms. The summed E-state index contributed by atoms with van der Waals surface area (Å²) in [7, 11) is 4.74. The van der Waals surface area contributed by atoms with Crippen molar-refractivity contribution in [1.82, 2.24) is 0 Å². The average Bonchev–Trinajstić information content (AvgIpc) is 2.45. The van der Waals surface area contributed by atoms with Gasteiger partial charge in [0.15, 0.2) is 11.5 Å². The second-order valence-electron chi connectivity index (χ2n) is 4.65. The van der Waals surface area contributed by atoms with Crippen molar-refractivity contribution in [3.8, 4) is 17.2 Å². The minimum absolute atomic E-state index is 0.556. The topological polar surface area (TPSA) is 47.9 Å². The van der Waals surface area contributed by atoms with E-state index in [2.05, 4.69) is 6.58 Å². The number of methoxy groups -OCH3 is 3. The molecule has 0 heterocycles. The van der Waals surface area contributed by atoms with E-state index in [0.29, 0.717) is 23.7 Å². The van der Waals surface area contributed by atoms with Gasteiger partial charge in [-0.25, -0.2) is 0 Å². The first kappa shape index (κ1) is 13.7. The molecule has 0 aromatic heterocycles. The molecule has 0 aliphatic heterocycles. The average molecular weight is 264 g/mol. The maximum atomic E-state index is 10.7. The van der Waals surface area contributed by atoms with Crippen molar-refractivity contribution < 1.29 is 19.3 Å². The van der Waals surface area contributed by atoms with E-state index in [-0.39, 0.29) is 0 Å². The van der Waals surface area contributed by atoms with E-state index in [9.17, 15) is 5.11 Å². The molecular weight excluding hydrogens is 244 g/mol. The van der Waals surface area contributed by atoms with Gasteiger partial charge < -0.3 is 19.3 Å². The third-order valence-electron chi connectivity index (χ3n) is 3.72. The fraction of sp³-hybridized carbons (Fsp3) is 0.467. The molecule has 4 heteroatoms. The number of benzene rings is 1. The molecular formula is C15H20O4. The van der Waals surface area contributed by atoms with E-state index in [1.54, 1.807) is 27.4 Å². The van der Waals surface area contributed by atoms with Crippen molar-refractivity contribution in [2.45, 2.75) is 24.9 Å². The predicted octanol–water partition coefficient (Wildman–Crippen LogP) is 2.42. The largest absolute Gasteiger partial charge is 0.493 e. The fourth-order valence-corrected chi connectivity index (χ4v) is 2.73. The van der Waals surface area contributed by atoms with Crippen LogP contribution in [0.2, 0.25) is 0 Å². The molecule has 0 radical (unpaired) electrons. The third-order valence-corrected chi connectivity index (χ3v) is 3.72.